The van der Waals surface area contributed by atoms with Crippen LogP contribution in [0.5, 0.6) is 17.2 Å². The van der Waals surface area contributed by atoms with E-state index in [1.807, 2.05) is 0 Å². The summed E-state index contributed by atoms with van der Waals surface area (Å²) in [6.07, 6.45) is -0.953. The fourth-order valence-electron chi connectivity index (χ4n) is 2.12. The average molecular weight is 337 g/mol. The van der Waals surface area contributed by atoms with E-state index in [1.54, 1.807) is 42.5 Å². The van der Waals surface area contributed by atoms with Crippen molar-refractivity contribution in [1.29, 1.82) is 0 Å². The molecule has 0 unspecified atom stereocenters. The maximum Gasteiger partial charge on any atom is 0.345 e. The van der Waals surface area contributed by atoms with E-state index in [0.717, 1.165) is 0 Å². The van der Waals surface area contributed by atoms with Gasteiger partial charge in [0.25, 0.3) is 0 Å². The molecule has 0 aliphatic carbocycles. The molecule has 23 heavy (non-hydrogen) atoms. The molecule has 0 saturated carbocycles. The lowest BCUT2D eigenvalue weighted by Crippen LogP contribution is -2.29. The lowest BCUT2D eigenvalue weighted by Gasteiger charge is -2.17. The van der Waals surface area contributed by atoms with Gasteiger partial charge >= 0.3 is 5.97 Å². The number of aliphatic carboxylic acids is 1. The Labute approximate surface area is 139 Å². The molecule has 1 atom stereocenters. The molecule has 1 N–H and O–H groups in total. The van der Waals surface area contributed by atoms with Crippen LogP contribution < -0.4 is 14.2 Å². The Morgan fingerprint density at radius 3 is 2.52 bits per heavy atom. The fraction of sp³-hybridized carbons (Fsp3) is 0.235. The standard InChI is InChI=1S/C17H17ClO5/c1-21-13-4-3-5-14(10-13)23-16(17(19)20)9-11-8-12(18)6-7-15(11)22-2/h3-8,10,16H,9H2,1-2H3,(H,19,20)/t16-/m1/s1. The molecular formula is C17H17ClO5. The number of hydrogen-bond acceptors (Lipinski definition) is 4. The van der Waals surface area contributed by atoms with Crippen LogP contribution in [0.3, 0.4) is 0 Å². The number of carboxylic acid groups (broad SMARTS) is 1. The van der Waals surface area contributed by atoms with Crippen LogP contribution in [0.2, 0.25) is 5.02 Å². The van der Waals surface area contributed by atoms with E-state index in [-0.39, 0.29) is 6.42 Å². The Balaban J connectivity index is 2.22. The molecule has 0 aliphatic heterocycles. The second-order valence-electron chi connectivity index (χ2n) is 4.78. The Morgan fingerprint density at radius 1 is 1.13 bits per heavy atom. The highest BCUT2D eigenvalue weighted by Gasteiger charge is 2.22. The predicted molar refractivity (Wildman–Crippen MR) is 86.8 cm³/mol. The van der Waals surface area contributed by atoms with Gasteiger partial charge in [0, 0.05) is 17.5 Å². The summed E-state index contributed by atoms with van der Waals surface area (Å²) in [6.45, 7) is 0. The zero-order valence-corrected chi connectivity index (χ0v) is 13.5. The van der Waals surface area contributed by atoms with Crippen LogP contribution in [0.25, 0.3) is 0 Å². The van der Waals surface area contributed by atoms with Crippen LogP contribution in [-0.4, -0.2) is 31.4 Å². The van der Waals surface area contributed by atoms with E-state index < -0.39 is 12.1 Å². The van der Waals surface area contributed by atoms with Crippen LogP contribution in [-0.2, 0) is 11.2 Å². The summed E-state index contributed by atoms with van der Waals surface area (Å²) < 4.78 is 15.9. The average Bonchev–Trinajstić information content (AvgIpc) is 2.54. The fourth-order valence-corrected chi connectivity index (χ4v) is 2.32. The number of carbonyl (C=O) groups is 1. The molecule has 0 radical (unpaired) electrons. The lowest BCUT2D eigenvalue weighted by molar-refractivity contribution is -0.145. The molecule has 0 amide bonds. The Morgan fingerprint density at radius 2 is 1.87 bits per heavy atom. The molecule has 2 aromatic carbocycles. The van der Waals surface area contributed by atoms with Crippen molar-refractivity contribution in [2.24, 2.45) is 0 Å². The normalized spacial score (nSPS) is 11.6. The van der Waals surface area contributed by atoms with Crippen molar-refractivity contribution in [1.82, 2.24) is 0 Å². The summed E-state index contributed by atoms with van der Waals surface area (Å²) in [5, 5.41) is 9.93. The van der Waals surface area contributed by atoms with Gasteiger partial charge < -0.3 is 19.3 Å². The van der Waals surface area contributed by atoms with Crippen LogP contribution in [0, 0.1) is 0 Å². The van der Waals surface area contributed by atoms with Gasteiger partial charge in [-0.15, -0.1) is 0 Å². The number of ether oxygens (including phenoxy) is 3. The minimum atomic E-state index is -1.07. The quantitative estimate of drug-likeness (QED) is 0.839. The van der Waals surface area contributed by atoms with Crippen molar-refractivity contribution in [3.63, 3.8) is 0 Å². The van der Waals surface area contributed by atoms with Crippen molar-refractivity contribution < 1.29 is 24.1 Å². The second-order valence-corrected chi connectivity index (χ2v) is 5.22. The molecule has 0 aliphatic rings. The van der Waals surface area contributed by atoms with Gasteiger partial charge in [-0.1, -0.05) is 17.7 Å². The molecule has 0 heterocycles. The lowest BCUT2D eigenvalue weighted by atomic mass is 10.1. The largest absolute Gasteiger partial charge is 0.497 e. The number of halogens is 1. The molecule has 2 rings (SSSR count). The minimum absolute atomic E-state index is 0.121. The van der Waals surface area contributed by atoms with Crippen molar-refractivity contribution in [3.8, 4) is 17.2 Å². The Kier molecular flexibility index (Phi) is 5.71. The summed E-state index contributed by atoms with van der Waals surface area (Å²) in [7, 11) is 3.05. The minimum Gasteiger partial charge on any atom is -0.497 e. The van der Waals surface area contributed by atoms with E-state index in [9.17, 15) is 9.90 Å². The first-order chi connectivity index (χ1) is 11.0. The third-order valence-corrected chi connectivity index (χ3v) is 3.48. The first-order valence-corrected chi connectivity index (χ1v) is 7.27. The maximum absolute atomic E-state index is 11.5. The first-order valence-electron chi connectivity index (χ1n) is 6.89. The van der Waals surface area contributed by atoms with Crippen LogP contribution >= 0.6 is 11.6 Å². The monoisotopic (exact) mass is 336 g/mol. The van der Waals surface area contributed by atoms with Gasteiger partial charge in [0.1, 0.15) is 17.2 Å². The van der Waals surface area contributed by atoms with Crippen molar-refractivity contribution in [2.75, 3.05) is 14.2 Å². The van der Waals surface area contributed by atoms with E-state index in [2.05, 4.69) is 0 Å². The molecule has 5 nitrogen and oxygen atoms in total. The van der Waals surface area contributed by atoms with Gasteiger partial charge in [-0.3, -0.25) is 0 Å². The van der Waals surface area contributed by atoms with Crippen molar-refractivity contribution in [2.45, 2.75) is 12.5 Å². The predicted octanol–water partition coefficient (Wildman–Crippen LogP) is 3.43. The zero-order valence-electron chi connectivity index (χ0n) is 12.8. The van der Waals surface area contributed by atoms with Gasteiger partial charge in [0.05, 0.1) is 14.2 Å². The third-order valence-electron chi connectivity index (χ3n) is 3.24. The number of rotatable bonds is 7. The summed E-state index contributed by atoms with van der Waals surface area (Å²) >= 11 is 5.98. The van der Waals surface area contributed by atoms with Gasteiger partial charge in [-0.25, -0.2) is 4.79 Å². The Hall–Kier alpha value is -2.40. The summed E-state index contributed by atoms with van der Waals surface area (Å²) in [6, 6.07) is 11.8. The highest BCUT2D eigenvalue weighted by atomic mass is 35.5. The molecule has 0 bridgehead atoms. The molecule has 2 aromatic rings. The number of hydrogen-bond donors (Lipinski definition) is 1. The van der Waals surface area contributed by atoms with E-state index >= 15 is 0 Å². The highest BCUT2D eigenvalue weighted by molar-refractivity contribution is 6.30. The summed E-state index contributed by atoms with van der Waals surface area (Å²) in [5.74, 6) is 0.495. The third kappa shape index (κ3) is 4.53. The summed E-state index contributed by atoms with van der Waals surface area (Å²) in [5.41, 5.74) is 0.662. The highest BCUT2D eigenvalue weighted by Crippen LogP contribution is 2.26. The zero-order chi connectivity index (χ0) is 16.8. The van der Waals surface area contributed by atoms with Crippen LogP contribution in [0.4, 0.5) is 0 Å². The van der Waals surface area contributed by atoms with E-state index in [1.165, 1.54) is 14.2 Å². The van der Waals surface area contributed by atoms with Gasteiger partial charge in [-0.05, 0) is 35.9 Å². The van der Waals surface area contributed by atoms with Gasteiger partial charge in [-0.2, -0.15) is 0 Å². The molecule has 122 valence electrons. The SMILES string of the molecule is COc1cccc(O[C@H](Cc2cc(Cl)ccc2OC)C(=O)O)c1. The first kappa shape index (κ1) is 17.0. The number of methoxy groups -OCH3 is 2. The molecule has 6 heteroatoms. The molecular weight excluding hydrogens is 320 g/mol. The second kappa shape index (κ2) is 7.74. The molecule has 0 spiro atoms. The van der Waals surface area contributed by atoms with Crippen LogP contribution in [0.1, 0.15) is 5.56 Å². The Bertz CT molecular complexity index is 686. The van der Waals surface area contributed by atoms with Crippen LogP contribution in [0.15, 0.2) is 42.5 Å². The number of benzene rings is 2. The topological polar surface area (TPSA) is 65.0 Å². The van der Waals surface area contributed by atoms with Crippen molar-refractivity contribution in [3.05, 3.63) is 53.1 Å². The molecule has 0 aromatic heterocycles. The smallest absolute Gasteiger partial charge is 0.345 e. The maximum atomic E-state index is 11.5. The van der Waals surface area contributed by atoms with E-state index in [4.69, 9.17) is 25.8 Å². The number of carboxylic acids is 1. The van der Waals surface area contributed by atoms with Gasteiger partial charge in [0.2, 0.25) is 0 Å². The van der Waals surface area contributed by atoms with Crippen molar-refractivity contribution >= 4 is 17.6 Å². The molecule has 0 saturated heterocycles. The summed E-state index contributed by atoms with van der Waals surface area (Å²) in [4.78, 5) is 11.5. The van der Waals surface area contributed by atoms with Gasteiger partial charge in [0.15, 0.2) is 6.10 Å². The van der Waals surface area contributed by atoms with E-state index in [0.29, 0.717) is 27.8 Å². The molecule has 0 fully saturated rings.